The molecule has 0 bridgehead atoms. The van der Waals surface area contributed by atoms with Gasteiger partial charge in [0.05, 0.1) is 23.5 Å². The summed E-state index contributed by atoms with van der Waals surface area (Å²) in [6.07, 6.45) is 1.79. The summed E-state index contributed by atoms with van der Waals surface area (Å²) in [6, 6.07) is 17.3. The molecule has 5 heteroatoms. The van der Waals surface area contributed by atoms with Gasteiger partial charge in [0.2, 0.25) is 0 Å². The molecule has 1 heterocycles. The summed E-state index contributed by atoms with van der Waals surface area (Å²) in [7, 11) is 0. The summed E-state index contributed by atoms with van der Waals surface area (Å²) in [5.41, 5.74) is 2.69. The number of H-pyrrole nitrogens is 1. The molecule has 2 aromatic carbocycles. The van der Waals surface area contributed by atoms with Crippen LogP contribution in [0.1, 0.15) is 29.1 Å². The second-order valence-corrected chi connectivity index (χ2v) is 6.39. The van der Waals surface area contributed by atoms with Crippen molar-refractivity contribution in [1.29, 1.82) is 0 Å². The van der Waals surface area contributed by atoms with Crippen molar-refractivity contribution in [2.24, 2.45) is 0 Å². The van der Waals surface area contributed by atoms with Crippen LogP contribution in [-0.4, -0.2) is 15.9 Å². The van der Waals surface area contributed by atoms with Crippen LogP contribution in [0.25, 0.3) is 11.3 Å². The molecule has 3 aromatic rings. The second-order valence-electron chi connectivity index (χ2n) is 5.22. The molecule has 0 saturated heterocycles. The van der Waals surface area contributed by atoms with Crippen LogP contribution in [0.3, 0.4) is 0 Å². The zero-order valence-electron chi connectivity index (χ0n) is 12.6. The van der Waals surface area contributed by atoms with Gasteiger partial charge >= 0.3 is 0 Å². The van der Waals surface area contributed by atoms with Crippen molar-refractivity contribution in [2.75, 3.05) is 0 Å². The van der Waals surface area contributed by atoms with E-state index in [1.165, 1.54) is 0 Å². The van der Waals surface area contributed by atoms with Gasteiger partial charge < -0.3 is 10.3 Å². The van der Waals surface area contributed by atoms with Gasteiger partial charge in [-0.25, -0.2) is 4.98 Å². The third kappa shape index (κ3) is 3.61. The Labute approximate surface area is 148 Å². The van der Waals surface area contributed by atoms with E-state index in [1.807, 2.05) is 61.5 Å². The van der Waals surface area contributed by atoms with Gasteiger partial charge in [-0.3, -0.25) is 4.79 Å². The maximum atomic E-state index is 12.4. The van der Waals surface area contributed by atoms with E-state index < -0.39 is 0 Å². The van der Waals surface area contributed by atoms with Gasteiger partial charge in [-0.15, -0.1) is 0 Å². The highest BCUT2D eigenvalue weighted by Crippen LogP contribution is 2.19. The molecule has 1 amide bonds. The predicted molar refractivity (Wildman–Crippen MR) is 99.1 cm³/mol. The maximum absolute atomic E-state index is 12.4. The molecule has 0 radical (unpaired) electrons. The number of imidazole rings is 1. The minimum Gasteiger partial charge on any atom is -0.342 e. The Hall–Kier alpha value is -2.15. The van der Waals surface area contributed by atoms with E-state index in [0.29, 0.717) is 5.56 Å². The minimum atomic E-state index is -0.198. The number of aromatic nitrogens is 2. The number of benzene rings is 2. The van der Waals surface area contributed by atoms with Crippen molar-refractivity contribution >= 4 is 28.5 Å². The standard InChI is InChI=1S/C18H16IN3O/c1-12(21-18(23)14-9-5-6-10-15(14)19)17-20-11-16(22-17)13-7-3-2-4-8-13/h2-12H,1H3,(H,20,22)(H,21,23)/t12-/m1/s1. The quantitative estimate of drug-likeness (QED) is 0.626. The monoisotopic (exact) mass is 417 g/mol. The zero-order valence-corrected chi connectivity index (χ0v) is 14.7. The molecule has 0 saturated carbocycles. The number of nitrogens with one attached hydrogen (secondary N) is 2. The molecule has 0 aliphatic heterocycles. The van der Waals surface area contributed by atoms with Crippen molar-refractivity contribution in [3.63, 3.8) is 0 Å². The van der Waals surface area contributed by atoms with Gasteiger partial charge in [0.25, 0.3) is 5.91 Å². The smallest absolute Gasteiger partial charge is 0.252 e. The highest BCUT2D eigenvalue weighted by Gasteiger charge is 2.16. The Balaban J connectivity index is 1.74. The number of hydrogen-bond donors (Lipinski definition) is 2. The van der Waals surface area contributed by atoms with Crippen LogP contribution in [0.5, 0.6) is 0 Å². The normalized spacial score (nSPS) is 11.9. The van der Waals surface area contributed by atoms with E-state index in [-0.39, 0.29) is 11.9 Å². The number of halogens is 1. The third-order valence-electron chi connectivity index (χ3n) is 3.56. The molecule has 2 N–H and O–H groups in total. The average Bonchev–Trinajstić information content (AvgIpc) is 3.06. The number of hydrogen-bond acceptors (Lipinski definition) is 2. The summed E-state index contributed by atoms with van der Waals surface area (Å²) in [5, 5.41) is 2.98. The Morgan fingerprint density at radius 1 is 1.13 bits per heavy atom. The lowest BCUT2D eigenvalue weighted by Crippen LogP contribution is -2.28. The Morgan fingerprint density at radius 3 is 2.57 bits per heavy atom. The fourth-order valence-corrected chi connectivity index (χ4v) is 2.94. The van der Waals surface area contributed by atoms with Gasteiger partial charge in [0, 0.05) is 3.57 Å². The summed E-state index contributed by atoms with van der Waals surface area (Å²) < 4.78 is 0.930. The number of carbonyl (C=O) groups is 1. The highest BCUT2D eigenvalue weighted by molar-refractivity contribution is 14.1. The van der Waals surface area contributed by atoms with Crippen molar-refractivity contribution in [1.82, 2.24) is 15.3 Å². The summed E-state index contributed by atoms with van der Waals surface area (Å²) >= 11 is 2.16. The van der Waals surface area contributed by atoms with E-state index in [9.17, 15) is 4.79 Å². The summed E-state index contributed by atoms with van der Waals surface area (Å²) in [5.74, 6) is 0.642. The molecule has 1 atom stereocenters. The van der Waals surface area contributed by atoms with Crippen LogP contribution in [0, 0.1) is 3.57 Å². The van der Waals surface area contributed by atoms with Crippen molar-refractivity contribution in [3.05, 3.63) is 75.8 Å². The first-order chi connectivity index (χ1) is 11.1. The van der Waals surface area contributed by atoms with Gasteiger partial charge in [-0.05, 0) is 47.2 Å². The van der Waals surface area contributed by atoms with E-state index >= 15 is 0 Å². The highest BCUT2D eigenvalue weighted by atomic mass is 127. The lowest BCUT2D eigenvalue weighted by Gasteiger charge is -2.12. The van der Waals surface area contributed by atoms with Gasteiger partial charge in [0.15, 0.2) is 0 Å². The van der Waals surface area contributed by atoms with Crippen LogP contribution in [0.4, 0.5) is 0 Å². The Bertz CT molecular complexity index is 814. The molecule has 0 aliphatic carbocycles. The fraction of sp³-hybridized carbons (Fsp3) is 0.111. The summed E-state index contributed by atoms with van der Waals surface area (Å²) in [4.78, 5) is 20.0. The van der Waals surface area contributed by atoms with Crippen molar-refractivity contribution in [2.45, 2.75) is 13.0 Å². The molecule has 0 unspecified atom stereocenters. The number of rotatable bonds is 4. The van der Waals surface area contributed by atoms with E-state index in [1.54, 1.807) is 6.20 Å². The van der Waals surface area contributed by atoms with Crippen LogP contribution in [0.2, 0.25) is 0 Å². The van der Waals surface area contributed by atoms with Crippen molar-refractivity contribution < 1.29 is 4.79 Å². The lowest BCUT2D eigenvalue weighted by atomic mass is 10.2. The average molecular weight is 417 g/mol. The Kier molecular flexibility index (Phi) is 4.76. The Morgan fingerprint density at radius 2 is 1.83 bits per heavy atom. The zero-order chi connectivity index (χ0) is 16.2. The molecule has 23 heavy (non-hydrogen) atoms. The number of carbonyl (C=O) groups excluding carboxylic acids is 1. The van der Waals surface area contributed by atoms with Crippen LogP contribution in [-0.2, 0) is 0 Å². The fourth-order valence-electron chi connectivity index (χ4n) is 2.31. The van der Waals surface area contributed by atoms with Gasteiger partial charge in [-0.1, -0.05) is 42.5 Å². The molecule has 1 aromatic heterocycles. The van der Waals surface area contributed by atoms with E-state index in [4.69, 9.17) is 0 Å². The molecule has 0 fully saturated rings. The lowest BCUT2D eigenvalue weighted by molar-refractivity contribution is 0.0937. The number of nitrogens with zero attached hydrogens (tertiary/aromatic N) is 1. The first kappa shape index (κ1) is 15.7. The van der Waals surface area contributed by atoms with Crippen LogP contribution in [0.15, 0.2) is 60.8 Å². The SMILES string of the molecule is C[C@@H](NC(=O)c1ccccc1I)c1ncc(-c2ccccc2)[nH]1. The molecular weight excluding hydrogens is 401 g/mol. The van der Waals surface area contributed by atoms with Gasteiger partial charge in [-0.2, -0.15) is 0 Å². The largest absolute Gasteiger partial charge is 0.342 e. The molecule has 0 spiro atoms. The van der Waals surface area contributed by atoms with E-state index in [0.717, 1.165) is 20.7 Å². The predicted octanol–water partition coefficient (Wildman–Crippen LogP) is 4.17. The van der Waals surface area contributed by atoms with Crippen LogP contribution < -0.4 is 5.32 Å². The molecular formula is C18H16IN3O. The number of aromatic amines is 1. The van der Waals surface area contributed by atoms with Crippen molar-refractivity contribution in [3.8, 4) is 11.3 Å². The topological polar surface area (TPSA) is 57.8 Å². The molecule has 4 nitrogen and oxygen atoms in total. The number of amides is 1. The molecule has 116 valence electrons. The van der Waals surface area contributed by atoms with E-state index in [2.05, 4.69) is 37.9 Å². The molecule has 3 rings (SSSR count). The third-order valence-corrected chi connectivity index (χ3v) is 4.50. The first-order valence-corrected chi connectivity index (χ1v) is 8.39. The van der Waals surface area contributed by atoms with Crippen LogP contribution >= 0.6 is 22.6 Å². The minimum absolute atomic E-state index is 0.0971. The van der Waals surface area contributed by atoms with Gasteiger partial charge in [0.1, 0.15) is 5.82 Å². The first-order valence-electron chi connectivity index (χ1n) is 7.31. The maximum Gasteiger partial charge on any atom is 0.252 e. The summed E-state index contributed by atoms with van der Waals surface area (Å²) in [6.45, 7) is 1.92. The second kappa shape index (κ2) is 6.95. The molecule has 0 aliphatic rings.